The molecule has 1 atom stereocenters. The van der Waals surface area contributed by atoms with Crippen LogP contribution in [0.5, 0.6) is 11.5 Å². The zero-order valence-electron chi connectivity index (χ0n) is 16.0. The van der Waals surface area contributed by atoms with Crippen LogP contribution in [-0.4, -0.2) is 39.9 Å². The van der Waals surface area contributed by atoms with Gasteiger partial charge in [-0.25, -0.2) is 9.67 Å². The first kappa shape index (κ1) is 18.2. The van der Waals surface area contributed by atoms with Crippen LogP contribution in [0.1, 0.15) is 12.0 Å². The summed E-state index contributed by atoms with van der Waals surface area (Å²) in [6.07, 6.45) is 3.31. The van der Waals surface area contributed by atoms with Gasteiger partial charge in [-0.15, -0.1) is 0 Å². The van der Waals surface area contributed by atoms with Gasteiger partial charge in [-0.3, -0.25) is 9.59 Å². The van der Waals surface area contributed by atoms with Crippen molar-refractivity contribution >= 4 is 23.2 Å². The standard InChI is InChI=1S/C21H19N5O4/c27-20-7-15(10-26(20)17-5-6-18-19(8-17)30-13-29-18)21(28)24-16-3-1-14(2-4-16)9-25-12-22-11-23-25/h1-6,8,11-12,15H,7,9-10,13H2,(H,24,28). The molecule has 0 saturated carbocycles. The summed E-state index contributed by atoms with van der Waals surface area (Å²) >= 11 is 0. The maximum Gasteiger partial charge on any atom is 0.231 e. The van der Waals surface area contributed by atoms with Gasteiger partial charge in [0, 0.05) is 30.4 Å². The van der Waals surface area contributed by atoms with Gasteiger partial charge in [0.25, 0.3) is 0 Å². The maximum absolute atomic E-state index is 12.7. The number of nitrogens with zero attached hydrogens (tertiary/aromatic N) is 4. The number of anilines is 2. The summed E-state index contributed by atoms with van der Waals surface area (Å²) in [6.45, 7) is 1.11. The van der Waals surface area contributed by atoms with Crippen LogP contribution in [0.25, 0.3) is 0 Å². The minimum atomic E-state index is -0.419. The topological polar surface area (TPSA) is 98.6 Å². The zero-order chi connectivity index (χ0) is 20.5. The number of carbonyl (C=O) groups is 2. The van der Waals surface area contributed by atoms with Crippen LogP contribution in [0.3, 0.4) is 0 Å². The predicted molar refractivity (Wildman–Crippen MR) is 107 cm³/mol. The Bertz CT molecular complexity index is 1080. The van der Waals surface area contributed by atoms with Crippen molar-refractivity contribution in [3.63, 3.8) is 0 Å². The first-order chi connectivity index (χ1) is 14.7. The second-order valence-corrected chi connectivity index (χ2v) is 7.22. The van der Waals surface area contributed by atoms with Crippen molar-refractivity contribution in [3.8, 4) is 11.5 Å². The van der Waals surface area contributed by atoms with E-state index in [-0.39, 0.29) is 25.0 Å². The molecule has 2 amide bonds. The summed E-state index contributed by atoms with van der Waals surface area (Å²) in [5.41, 5.74) is 2.44. The molecule has 0 aliphatic carbocycles. The van der Waals surface area contributed by atoms with Crippen LogP contribution in [0, 0.1) is 5.92 Å². The van der Waals surface area contributed by atoms with Gasteiger partial charge < -0.3 is 19.7 Å². The number of hydrogen-bond donors (Lipinski definition) is 1. The molecule has 2 aliphatic rings. The lowest BCUT2D eigenvalue weighted by Crippen LogP contribution is -2.28. The van der Waals surface area contributed by atoms with Crippen LogP contribution in [0.15, 0.2) is 55.1 Å². The second kappa shape index (κ2) is 7.51. The van der Waals surface area contributed by atoms with Crippen molar-refractivity contribution in [2.45, 2.75) is 13.0 Å². The lowest BCUT2D eigenvalue weighted by Gasteiger charge is -2.17. The molecule has 9 nitrogen and oxygen atoms in total. The smallest absolute Gasteiger partial charge is 0.231 e. The Morgan fingerprint density at radius 2 is 1.97 bits per heavy atom. The van der Waals surface area contributed by atoms with E-state index in [1.54, 1.807) is 34.1 Å². The Morgan fingerprint density at radius 1 is 1.13 bits per heavy atom. The SMILES string of the molecule is O=C(Nc1ccc(Cn2cncn2)cc1)C1CC(=O)N(c2ccc3c(c2)OCO3)C1. The predicted octanol–water partition coefficient (Wildman–Crippen LogP) is 2.05. The second-order valence-electron chi connectivity index (χ2n) is 7.22. The average Bonchev–Trinajstić information content (AvgIpc) is 3.49. The normalized spacial score (nSPS) is 17.4. The molecule has 1 aromatic heterocycles. The molecule has 30 heavy (non-hydrogen) atoms. The summed E-state index contributed by atoms with van der Waals surface area (Å²) in [6, 6.07) is 12.9. The van der Waals surface area contributed by atoms with Gasteiger partial charge in [-0.1, -0.05) is 12.1 Å². The Morgan fingerprint density at radius 3 is 2.77 bits per heavy atom. The number of rotatable bonds is 5. The molecule has 1 N–H and O–H groups in total. The molecule has 3 aromatic rings. The molecule has 5 rings (SSSR count). The van der Waals surface area contributed by atoms with Gasteiger partial charge in [-0.2, -0.15) is 5.10 Å². The van der Waals surface area contributed by atoms with E-state index >= 15 is 0 Å². The van der Waals surface area contributed by atoms with Crippen LogP contribution in [0.2, 0.25) is 0 Å². The molecule has 0 radical (unpaired) electrons. The molecular weight excluding hydrogens is 386 g/mol. The maximum atomic E-state index is 12.7. The van der Waals surface area contributed by atoms with E-state index in [1.807, 2.05) is 24.3 Å². The number of fused-ring (bicyclic) bond motifs is 1. The molecule has 2 aromatic carbocycles. The van der Waals surface area contributed by atoms with Crippen molar-refractivity contribution in [1.29, 1.82) is 0 Å². The highest BCUT2D eigenvalue weighted by atomic mass is 16.7. The quantitative estimate of drug-likeness (QED) is 0.698. The van der Waals surface area contributed by atoms with Gasteiger partial charge in [0.2, 0.25) is 18.6 Å². The fourth-order valence-electron chi connectivity index (χ4n) is 3.63. The zero-order valence-corrected chi connectivity index (χ0v) is 16.0. The van der Waals surface area contributed by atoms with Crippen molar-refractivity contribution < 1.29 is 19.1 Å². The van der Waals surface area contributed by atoms with E-state index in [4.69, 9.17) is 9.47 Å². The Labute approximate surface area is 172 Å². The third kappa shape index (κ3) is 3.57. The first-order valence-electron chi connectivity index (χ1n) is 9.58. The first-order valence-corrected chi connectivity index (χ1v) is 9.58. The largest absolute Gasteiger partial charge is 0.454 e. The number of amides is 2. The van der Waals surface area contributed by atoms with Gasteiger partial charge in [0.05, 0.1) is 12.5 Å². The highest BCUT2D eigenvalue weighted by Crippen LogP contribution is 2.37. The van der Waals surface area contributed by atoms with Gasteiger partial charge in [-0.05, 0) is 29.8 Å². The van der Waals surface area contributed by atoms with Gasteiger partial charge in [0.1, 0.15) is 12.7 Å². The number of nitrogens with one attached hydrogen (secondary N) is 1. The number of benzene rings is 2. The van der Waals surface area contributed by atoms with Crippen LogP contribution in [0.4, 0.5) is 11.4 Å². The van der Waals surface area contributed by atoms with E-state index in [9.17, 15) is 9.59 Å². The van der Waals surface area contributed by atoms with Crippen LogP contribution in [-0.2, 0) is 16.1 Å². The molecule has 1 unspecified atom stereocenters. The molecule has 3 heterocycles. The van der Waals surface area contributed by atoms with E-state index in [0.717, 1.165) is 5.56 Å². The van der Waals surface area contributed by atoms with Gasteiger partial charge in [0.15, 0.2) is 11.5 Å². The minimum Gasteiger partial charge on any atom is -0.454 e. The van der Waals surface area contributed by atoms with Crippen molar-refractivity contribution in [2.75, 3.05) is 23.6 Å². The van der Waals surface area contributed by atoms with E-state index in [0.29, 0.717) is 36.0 Å². The number of hydrogen-bond acceptors (Lipinski definition) is 6. The molecule has 1 fully saturated rings. The van der Waals surface area contributed by atoms with E-state index in [2.05, 4.69) is 15.4 Å². The Hall–Kier alpha value is -3.88. The average molecular weight is 405 g/mol. The molecule has 0 bridgehead atoms. The highest BCUT2D eigenvalue weighted by Gasteiger charge is 2.35. The monoisotopic (exact) mass is 405 g/mol. The lowest BCUT2D eigenvalue weighted by atomic mass is 10.1. The molecule has 9 heteroatoms. The van der Waals surface area contributed by atoms with E-state index < -0.39 is 5.92 Å². The summed E-state index contributed by atoms with van der Waals surface area (Å²) in [5, 5.41) is 6.98. The van der Waals surface area contributed by atoms with E-state index in [1.165, 1.54) is 6.33 Å². The minimum absolute atomic E-state index is 0.0859. The molecule has 152 valence electrons. The fourth-order valence-corrected chi connectivity index (χ4v) is 3.63. The molecular formula is C21H19N5O4. The summed E-state index contributed by atoms with van der Waals surface area (Å²) in [4.78, 5) is 30.7. The Balaban J connectivity index is 1.22. The third-order valence-corrected chi connectivity index (χ3v) is 5.20. The summed E-state index contributed by atoms with van der Waals surface area (Å²) in [7, 11) is 0. The number of carbonyl (C=O) groups excluding carboxylic acids is 2. The van der Waals surface area contributed by atoms with Crippen LogP contribution < -0.4 is 19.7 Å². The fraction of sp³-hybridized carbons (Fsp3) is 0.238. The van der Waals surface area contributed by atoms with Crippen molar-refractivity contribution in [3.05, 3.63) is 60.7 Å². The number of ether oxygens (including phenoxy) is 2. The van der Waals surface area contributed by atoms with Gasteiger partial charge >= 0.3 is 0 Å². The molecule has 1 saturated heterocycles. The molecule has 0 spiro atoms. The van der Waals surface area contributed by atoms with Crippen molar-refractivity contribution in [2.24, 2.45) is 5.92 Å². The highest BCUT2D eigenvalue weighted by molar-refractivity contribution is 6.03. The summed E-state index contributed by atoms with van der Waals surface area (Å²) < 4.78 is 12.4. The van der Waals surface area contributed by atoms with Crippen molar-refractivity contribution in [1.82, 2.24) is 14.8 Å². The van der Waals surface area contributed by atoms with Crippen LogP contribution >= 0.6 is 0 Å². The summed E-state index contributed by atoms with van der Waals surface area (Å²) in [5.74, 6) is 0.594. The number of aromatic nitrogens is 3. The third-order valence-electron chi connectivity index (χ3n) is 5.20. The molecule has 2 aliphatic heterocycles. The lowest BCUT2D eigenvalue weighted by molar-refractivity contribution is -0.122. The Kier molecular flexibility index (Phi) is 4.55.